The number of phosphoric acid groups is 1. The lowest BCUT2D eigenvalue weighted by Gasteiger charge is -2.19. The van der Waals surface area contributed by atoms with Crippen LogP contribution in [0, 0.1) is 0 Å². The van der Waals surface area contributed by atoms with Crippen LogP contribution in [-0.4, -0.2) is 49.3 Å². The lowest BCUT2D eigenvalue weighted by molar-refractivity contribution is -0.161. The first-order chi connectivity index (χ1) is 24.8. The van der Waals surface area contributed by atoms with Gasteiger partial charge in [0.25, 0.3) is 0 Å². The van der Waals surface area contributed by atoms with Gasteiger partial charge in [0.2, 0.25) is 0 Å². The number of carbonyl (C=O) groups is 2. The van der Waals surface area contributed by atoms with Crippen LogP contribution in [0.1, 0.15) is 168 Å². The van der Waals surface area contributed by atoms with Crippen LogP contribution < -0.4 is 5.73 Å². The Bertz CT molecular complexity index is 981. The molecule has 0 aromatic carbocycles. The monoisotopic (exact) mass is 740 g/mol. The van der Waals surface area contributed by atoms with Crippen LogP contribution in [0.5, 0.6) is 0 Å². The van der Waals surface area contributed by atoms with Crippen molar-refractivity contribution in [3.05, 3.63) is 48.6 Å². The van der Waals surface area contributed by atoms with Gasteiger partial charge in [-0.3, -0.25) is 18.6 Å². The van der Waals surface area contributed by atoms with Crippen LogP contribution in [-0.2, 0) is 32.7 Å². The summed E-state index contributed by atoms with van der Waals surface area (Å²) in [4.78, 5) is 34.7. The van der Waals surface area contributed by atoms with Gasteiger partial charge in [-0.2, -0.15) is 0 Å². The molecular weight excluding hydrogens is 665 g/mol. The maximum atomic E-state index is 12.5. The van der Waals surface area contributed by atoms with Gasteiger partial charge in [0.15, 0.2) is 6.10 Å². The zero-order chi connectivity index (χ0) is 37.5. The van der Waals surface area contributed by atoms with Gasteiger partial charge in [0, 0.05) is 19.4 Å². The van der Waals surface area contributed by atoms with Crippen LogP contribution >= 0.6 is 7.82 Å². The molecule has 0 spiro atoms. The summed E-state index contributed by atoms with van der Waals surface area (Å²) in [6, 6.07) is 0. The molecule has 0 saturated heterocycles. The molecule has 1 unspecified atom stereocenters. The van der Waals surface area contributed by atoms with Gasteiger partial charge in [-0.25, -0.2) is 4.57 Å². The Morgan fingerprint density at radius 2 is 1.04 bits per heavy atom. The molecule has 0 saturated carbocycles. The number of hydrogen-bond acceptors (Lipinski definition) is 8. The molecule has 0 aliphatic heterocycles. The second kappa shape index (κ2) is 37.7. The topological polar surface area (TPSA) is 134 Å². The molecule has 296 valence electrons. The summed E-state index contributed by atoms with van der Waals surface area (Å²) in [5, 5.41) is 0. The number of nitrogens with two attached hydrogens (primary N) is 1. The van der Waals surface area contributed by atoms with Crippen molar-refractivity contribution in [3.8, 4) is 0 Å². The molecule has 9 nitrogen and oxygen atoms in total. The first kappa shape index (κ1) is 49.0. The number of rotatable bonds is 37. The third-order valence-corrected chi connectivity index (χ3v) is 9.17. The third-order valence-electron chi connectivity index (χ3n) is 8.19. The molecule has 0 amide bonds. The molecular formula is C41H74NO8P. The van der Waals surface area contributed by atoms with E-state index < -0.39 is 32.5 Å². The minimum Gasteiger partial charge on any atom is -0.462 e. The number of phosphoric ester groups is 1. The van der Waals surface area contributed by atoms with E-state index >= 15 is 0 Å². The first-order valence-electron chi connectivity index (χ1n) is 20.1. The van der Waals surface area contributed by atoms with E-state index in [1.807, 2.05) is 0 Å². The highest BCUT2D eigenvalue weighted by atomic mass is 31.2. The van der Waals surface area contributed by atoms with E-state index in [1.165, 1.54) is 64.2 Å². The van der Waals surface area contributed by atoms with Crippen molar-refractivity contribution in [2.24, 2.45) is 5.73 Å². The van der Waals surface area contributed by atoms with E-state index in [1.54, 1.807) is 0 Å². The number of allylic oxidation sites excluding steroid dienone is 8. The molecule has 0 rings (SSSR count). The maximum absolute atomic E-state index is 12.5. The molecule has 51 heavy (non-hydrogen) atoms. The van der Waals surface area contributed by atoms with Crippen molar-refractivity contribution < 1.29 is 37.6 Å². The largest absolute Gasteiger partial charge is 0.472 e. The summed E-state index contributed by atoms with van der Waals surface area (Å²) >= 11 is 0. The highest BCUT2D eigenvalue weighted by molar-refractivity contribution is 7.47. The molecule has 2 atom stereocenters. The van der Waals surface area contributed by atoms with Crippen LogP contribution in [0.2, 0.25) is 0 Å². The van der Waals surface area contributed by atoms with Gasteiger partial charge in [-0.1, -0.05) is 133 Å². The Hall–Kier alpha value is -2.03. The minimum atomic E-state index is -4.39. The second-order valence-corrected chi connectivity index (χ2v) is 14.6. The van der Waals surface area contributed by atoms with Gasteiger partial charge in [0.1, 0.15) is 6.61 Å². The Kier molecular flexibility index (Phi) is 36.2. The van der Waals surface area contributed by atoms with Crippen molar-refractivity contribution in [3.63, 3.8) is 0 Å². The SMILES string of the molecule is CCCCCC/C=C\CCCCCCCC(=O)O[C@H](COC(=O)CCC/C=C\C/C=C\C/C=C\CCCCCCCC)COP(=O)(O)OCCN. The Morgan fingerprint density at radius 3 is 1.61 bits per heavy atom. The molecule has 0 bridgehead atoms. The summed E-state index contributed by atoms with van der Waals surface area (Å²) in [6.45, 7) is 3.63. The second-order valence-electron chi connectivity index (χ2n) is 13.1. The number of hydrogen-bond donors (Lipinski definition) is 2. The zero-order valence-electron chi connectivity index (χ0n) is 32.3. The fourth-order valence-electron chi connectivity index (χ4n) is 5.17. The number of esters is 2. The molecule has 10 heteroatoms. The lowest BCUT2D eigenvalue weighted by atomic mass is 10.1. The highest BCUT2D eigenvalue weighted by Crippen LogP contribution is 2.43. The molecule has 0 fully saturated rings. The predicted octanol–water partition coefficient (Wildman–Crippen LogP) is 11.2. The summed E-state index contributed by atoms with van der Waals surface area (Å²) in [7, 11) is -4.39. The van der Waals surface area contributed by atoms with E-state index in [9.17, 15) is 19.0 Å². The summed E-state index contributed by atoms with van der Waals surface area (Å²) < 4.78 is 32.6. The van der Waals surface area contributed by atoms with Crippen molar-refractivity contribution in [1.29, 1.82) is 0 Å². The standard InChI is InChI=1S/C41H74NO8P/c1-3-5-7-9-11-13-15-17-18-19-20-22-23-25-27-29-31-33-40(43)47-37-39(38-49-51(45,46)48-36-35-42)50-41(44)34-32-30-28-26-24-21-16-14-12-10-8-6-4-2/h14,16-18,20,22,25,27,39H,3-13,15,19,21,23-24,26,28-38,42H2,1-2H3,(H,45,46)/b16-14-,18-17-,22-20-,27-25-/t39-/m1/s1. The Balaban J connectivity index is 4.30. The quantitative estimate of drug-likeness (QED) is 0.0276. The molecule has 0 aromatic heterocycles. The average molecular weight is 740 g/mol. The van der Waals surface area contributed by atoms with Gasteiger partial charge in [-0.15, -0.1) is 0 Å². The van der Waals surface area contributed by atoms with E-state index in [0.717, 1.165) is 64.2 Å². The van der Waals surface area contributed by atoms with Crippen molar-refractivity contribution in [1.82, 2.24) is 0 Å². The molecule has 0 aliphatic carbocycles. The Labute approximate surface area is 311 Å². The van der Waals surface area contributed by atoms with Crippen LogP contribution in [0.15, 0.2) is 48.6 Å². The zero-order valence-corrected chi connectivity index (χ0v) is 33.2. The van der Waals surface area contributed by atoms with Gasteiger partial charge >= 0.3 is 19.8 Å². The molecule has 3 N–H and O–H groups in total. The number of unbranched alkanes of at least 4 members (excludes halogenated alkanes) is 16. The van der Waals surface area contributed by atoms with E-state index in [2.05, 4.69) is 62.5 Å². The van der Waals surface area contributed by atoms with Gasteiger partial charge < -0.3 is 20.1 Å². The fraction of sp³-hybridized carbons (Fsp3) is 0.756. The molecule has 0 aliphatic rings. The van der Waals surface area contributed by atoms with E-state index in [4.69, 9.17) is 24.3 Å². The van der Waals surface area contributed by atoms with E-state index in [0.29, 0.717) is 12.8 Å². The van der Waals surface area contributed by atoms with Gasteiger partial charge in [-0.05, 0) is 70.6 Å². The van der Waals surface area contributed by atoms with Crippen molar-refractivity contribution in [2.45, 2.75) is 174 Å². The maximum Gasteiger partial charge on any atom is 0.472 e. The van der Waals surface area contributed by atoms with Crippen molar-refractivity contribution >= 4 is 19.8 Å². The first-order valence-corrected chi connectivity index (χ1v) is 21.6. The molecule has 0 heterocycles. The number of ether oxygens (including phenoxy) is 2. The smallest absolute Gasteiger partial charge is 0.462 e. The number of carbonyl (C=O) groups excluding carboxylic acids is 2. The van der Waals surface area contributed by atoms with Crippen LogP contribution in [0.4, 0.5) is 0 Å². The summed E-state index contributed by atoms with van der Waals surface area (Å²) in [6.07, 6.45) is 41.5. The third kappa shape index (κ3) is 37.5. The fourth-order valence-corrected chi connectivity index (χ4v) is 5.94. The average Bonchev–Trinajstić information content (AvgIpc) is 3.11. The van der Waals surface area contributed by atoms with Crippen LogP contribution in [0.3, 0.4) is 0 Å². The van der Waals surface area contributed by atoms with E-state index in [-0.39, 0.29) is 32.6 Å². The molecule has 0 radical (unpaired) electrons. The lowest BCUT2D eigenvalue weighted by Crippen LogP contribution is -2.29. The Morgan fingerprint density at radius 1 is 0.588 bits per heavy atom. The van der Waals surface area contributed by atoms with Gasteiger partial charge in [0.05, 0.1) is 13.2 Å². The summed E-state index contributed by atoms with van der Waals surface area (Å²) in [5.41, 5.74) is 5.33. The summed E-state index contributed by atoms with van der Waals surface area (Å²) in [5.74, 6) is -0.903. The predicted molar refractivity (Wildman–Crippen MR) is 210 cm³/mol. The minimum absolute atomic E-state index is 0.0443. The molecule has 0 aromatic rings. The van der Waals surface area contributed by atoms with Crippen molar-refractivity contribution in [2.75, 3.05) is 26.4 Å². The van der Waals surface area contributed by atoms with Crippen LogP contribution in [0.25, 0.3) is 0 Å². The highest BCUT2D eigenvalue weighted by Gasteiger charge is 2.25. The normalized spacial score (nSPS) is 13.9.